The lowest BCUT2D eigenvalue weighted by molar-refractivity contribution is -0.115. The summed E-state index contributed by atoms with van der Waals surface area (Å²) in [6, 6.07) is 9.93. The summed E-state index contributed by atoms with van der Waals surface area (Å²) in [6.45, 7) is 3.89. The van der Waals surface area contributed by atoms with E-state index in [4.69, 9.17) is 0 Å². The third kappa shape index (κ3) is 3.65. The zero-order valence-corrected chi connectivity index (χ0v) is 15.0. The third-order valence-electron chi connectivity index (χ3n) is 3.34. The van der Waals surface area contributed by atoms with Crippen LogP contribution in [0.3, 0.4) is 0 Å². The second-order valence-corrected chi connectivity index (χ2v) is 7.21. The van der Waals surface area contributed by atoms with Crippen LogP contribution in [0.4, 0.5) is 5.13 Å². The number of aromatic nitrogens is 4. The number of rotatable bonds is 6. The van der Waals surface area contributed by atoms with Crippen molar-refractivity contribution in [1.29, 1.82) is 0 Å². The summed E-state index contributed by atoms with van der Waals surface area (Å²) in [5.41, 5.74) is 0.995. The molecule has 0 unspecified atom stereocenters. The van der Waals surface area contributed by atoms with Crippen molar-refractivity contribution < 1.29 is 4.79 Å². The first kappa shape index (κ1) is 16.7. The normalized spacial score (nSPS) is 12.1. The predicted octanol–water partition coefficient (Wildman–Crippen LogP) is 3.41. The fourth-order valence-corrected chi connectivity index (χ4v) is 3.56. The molecule has 6 nitrogen and oxygen atoms in total. The number of para-hydroxylation sites is 1. The molecule has 2 heterocycles. The maximum absolute atomic E-state index is 12.3. The molecule has 0 bridgehead atoms. The van der Waals surface area contributed by atoms with E-state index in [0.29, 0.717) is 10.3 Å². The standard InChI is InChI=1S/C16H17N5OS2/c1-3-13-19-20-16(21(13)12-7-5-4-6-8-12)24-11(2)14(22)18-15-17-9-10-23-15/h4-11H,3H2,1-2H3,(H,17,18,22)/t11-/m0/s1. The molecule has 0 saturated carbocycles. The molecular formula is C16H17N5OS2. The number of nitrogens with one attached hydrogen (secondary N) is 1. The lowest BCUT2D eigenvalue weighted by atomic mass is 10.3. The molecule has 1 N–H and O–H groups in total. The first-order valence-electron chi connectivity index (χ1n) is 7.55. The molecule has 0 fully saturated rings. The van der Waals surface area contributed by atoms with Crippen LogP contribution in [0.2, 0.25) is 0 Å². The topological polar surface area (TPSA) is 72.7 Å². The van der Waals surface area contributed by atoms with E-state index in [1.807, 2.05) is 54.1 Å². The molecule has 0 saturated heterocycles. The maximum atomic E-state index is 12.3. The number of anilines is 1. The van der Waals surface area contributed by atoms with E-state index < -0.39 is 0 Å². The lowest BCUT2D eigenvalue weighted by Gasteiger charge is -2.12. The first-order chi connectivity index (χ1) is 11.7. The molecule has 2 aromatic heterocycles. The van der Waals surface area contributed by atoms with Gasteiger partial charge in [-0.1, -0.05) is 36.9 Å². The molecule has 1 atom stereocenters. The van der Waals surface area contributed by atoms with Crippen LogP contribution in [0.15, 0.2) is 47.1 Å². The molecule has 124 valence electrons. The minimum absolute atomic E-state index is 0.101. The summed E-state index contributed by atoms with van der Waals surface area (Å²) in [6.07, 6.45) is 2.43. The van der Waals surface area contributed by atoms with Gasteiger partial charge in [0, 0.05) is 23.7 Å². The van der Waals surface area contributed by atoms with E-state index in [1.54, 1.807) is 6.20 Å². The molecule has 24 heavy (non-hydrogen) atoms. The van der Waals surface area contributed by atoms with Crippen molar-refractivity contribution in [3.05, 3.63) is 47.7 Å². The summed E-state index contributed by atoms with van der Waals surface area (Å²) in [5, 5.41) is 14.2. The Morgan fingerprint density at radius 2 is 2.12 bits per heavy atom. The number of thioether (sulfide) groups is 1. The number of carbonyl (C=O) groups is 1. The van der Waals surface area contributed by atoms with Gasteiger partial charge in [0.2, 0.25) is 5.91 Å². The monoisotopic (exact) mass is 359 g/mol. The Morgan fingerprint density at radius 3 is 2.79 bits per heavy atom. The molecule has 0 spiro atoms. The molecule has 3 rings (SSSR count). The highest BCUT2D eigenvalue weighted by molar-refractivity contribution is 8.00. The fraction of sp³-hybridized carbons (Fsp3) is 0.250. The van der Waals surface area contributed by atoms with Gasteiger partial charge in [0.1, 0.15) is 5.82 Å². The number of amides is 1. The van der Waals surface area contributed by atoms with E-state index in [1.165, 1.54) is 23.1 Å². The Hall–Kier alpha value is -2.19. The van der Waals surface area contributed by atoms with Crippen LogP contribution in [0, 0.1) is 0 Å². The summed E-state index contributed by atoms with van der Waals surface area (Å²) >= 11 is 2.78. The highest BCUT2D eigenvalue weighted by Crippen LogP contribution is 2.26. The van der Waals surface area contributed by atoms with E-state index in [-0.39, 0.29) is 11.2 Å². The first-order valence-corrected chi connectivity index (χ1v) is 9.31. The molecular weight excluding hydrogens is 342 g/mol. The summed E-state index contributed by atoms with van der Waals surface area (Å²) < 4.78 is 2.00. The number of nitrogens with zero attached hydrogens (tertiary/aromatic N) is 4. The molecule has 1 aromatic carbocycles. The zero-order chi connectivity index (χ0) is 16.9. The van der Waals surface area contributed by atoms with Crippen LogP contribution in [0.25, 0.3) is 5.69 Å². The van der Waals surface area contributed by atoms with Crippen LogP contribution < -0.4 is 5.32 Å². The van der Waals surface area contributed by atoms with Gasteiger partial charge in [0.05, 0.1) is 5.25 Å². The summed E-state index contributed by atoms with van der Waals surface area (Å²) in [7, 11) is 0. The van der Waals surface area contributed by atoms with Crippen molar-refractivity contribution in [1.82, 2.24) is 19.7 Å². The van der Waals surface area contributed by atoms with Gasteiger partial charge in [-0.25, -0.2) is 4.98 Å². The SMILES string of the molecule is CCc1nnc(S[C@@H](C)C(=O)Nc2nccs2)n1-c1ccccc1. The van der Waals surface area contributed by atoms with Crippen molar-refractivity contribution in [2.24, 2.45) is 0 Å². The van der Waals surface area contributed by atoms with Crippen molar-refractivity contribution >= 4 is 34.1 Å². The number of benzene rings is 1. The Bertz CT molecular complexity index is 801. The second-order valence-electron chi connectivity index (χ2n) is 5.01. The van der Waals surface area contributed by atoms with Crippen molar-refractivity contribution in [3.8, 4) is 5.69 Å². The Morgan fingerprint density at radius 1 is 1.33 bits per heavy atom. The lowest BCUT2D eigenvalue weighted by Crippen LogP contribution is -2.22. The van der Waals surface area contributed by atoms with Crippen molar-refractivity contribution in [2.45, 2.75) is 30.7 Å². The van der Waals surface area contributed by atoms with Crippen molar-refractivity contribution in [3.63, 3.8) is 0 Å². The fourth-order valence-electron chi connectivity index (χ4n) is 2.15. The molecule has 3 aromatic rings. The maximum Gasteiger partial charge on any atom is 0.239 e. The smallest absolute Gasteiger partial charge is 0.239 e. The van der Waals surface area contributed by atoms with Crippen LogP contribution in [-0.2, 0) is 11.2 Å². The molecule has 1 amide bonds. The van der Waals surface area contributed by atoms with Crippen LogP contribution in [0.5, 0.6) is 0 Å². The number of thiazole rings is 1. The molecule has 8 heteroatoms. The average molecular weight is 359 g/mol. The Kier molecular flexibility index (Phi) is 5.27. The molecule has 0 radical (unpaired) electrons. The second kappa shape index (κ2) is 7.59. The quantitative estimate of drug-likeness (QED) is 0.683. The minimum Gasteiger partial charge on any atom is -0.301 e. The Labute approximate surface area is 148 Å². The molecule has 0 aliphatic carbocycles. The molecule has 0 aliphatic heterocycles. The minimum atomic E-state index is -0.315. The summed E-state index contributed by atoms with van der Waals surface area (Å²) in [5.74, 6) is 0.770. The van der Waals surface area contributed by atoms with E-state index >= 15 is 0 Å². The predicted molar refractivity (Wildman–Crippen MR) is 96.8 cm³/mol. The van der Waals surface area contributed by atoms with Gasteiger partial charge in [-0.2, -0.15) is 0 Å². The Balaban J connectivity index is 1.80. The van der Waals surface area contributed by atoms with Gasteiger partial charge >= 0.3 is 0 Å². The van der Waals surface area contributed by atoms with E-state index in [0.717, 1.165) is 17.9 Å². The van der Waals surface area contributed by atoms with Crippen LogP contribution in [0.1, 0.15) is 19.7 Å². The number of hydrogen-bond acceptors (Lipinski definition) is 6. The van der Waals surface area contributed by atoms with Crippen LogP contribution >= 0.6 is 23.1 Å². The van der Waals surface area contributed by atoms with Gasteiger partial charge < -0.3 is 5.32 Å². The van der Waals surface area contributed by atoms with Gasteiger partial charge in [0.15, 0.2) is 10.3 Å². The number of carbonyl (C=O) groups excluding carboxylic acids is 1. The van der Waals surface area contributed by atoms with E-state index in [9.17, 15) is 4.79 Å². The third-order valence-corrected chi connectivity index (χ3v) is 5.08. The van der Waals surface area contributed by atoms with Gasteiger partial charge in [0.25, 0.3) is 0 Å². The number of hydrogen-bond donors (Lipinski definition) is 1. The highest BCUT2D eigenvalue weighted by atomic mass is 32.2. The highest BCUT2D eigenvalue weighted by Gasteiger charge is 2.21. The van der Waals surface area contributed by atoms with Gasteiger partial charge in [-0.15, -0.1) is 21.5 Å². The summed E-state index contributed by atoms with van der Waals surface area (Å²) in [4.78, 5) is 16.4. The van der Waals surface area contributed by atoms with Gasteiger partial charge in [-0.3, -0.25) is 9.36 Å². The molecule has 0 aliphatic rings. The van der Waals surface area contributed by atoms with Crippen LogP contribution in [-0.4, -0.2) is 30.9 Å². The van der Waals surface area contributed by atoms with E-state index in [2.05, 4.69) is 20.5 Å². The van der Waals surface area contributed by atoms with Gasteiger partial charge in [-0.05, 0) is 19.1 Å². The zero-order valence-electron chi connectivity index (χ0n) is 13.3. The van der Waals surface area contributed by atoms with Crippen molar-refractivity contribution in [2.75, 3.05) is 5.32 Å². The largest absolute Gasteiger partial charge is 0.301 e. The average Bonchev–Trinajstić information content (AvgIpc) is 3.25. The number of aryl methyl sites for hydroxylation is 1.